The minimum atomic E-state index is -0.958. The molecule has 2 saturated heterocycles. The van der Waals surface area contributed by atoms with Gasteiger partial charge in [-0.15, -0.1) is 0 Å². The molecule has 0 bridgehead atoms. The predicted octanol–water partition coefficient (Wildman–Crippen LogP) is 3.72. The van der Waals surface area contributed by atoms with E-state index >= 15 is 0 Å². The van der Waals surface area contributed by atoms with Crippen LogP contribution in [0.25, 0.3) is 0 Å². The number of amides is 4. The second-order valence-electron chi connectivity index (χ2n) is 7.30. The van der Waals surface area contributed by atoms with E-state index in [-0.39, 0.29) is 18.4 Å². The molecule has 2 heterocycles. The first-order valence-corrected chi connectivity index (χ1v) is 10.1. The molecule has 6 nitrogen and oxygen atoms in total. The minimum Gasteiger partial charge on any atom is -0.338 e. The summed E-state index contributed by atoms with van der Waals surface area (Å²) in [6.07, 6.45) is 0.732. The van der Waals surface area contributed by atoms with Crippen molar-refractivity contribution in [2.45, 2.75) is 24.9 Å². The van der Waals surface area contributed by atoms with E-state index in [1.165, 1.54) is 4.90 Å². The van der Waals surface area contributed by atoms with Crippen molar-refractivity contribution in [3.63, 3.8) is 0 Å². The van der Waals surface area contributed by atoms with Crippen LogP contribution in [0.3, 0.4) is 0 Å². The molecule has 2 fully saturated rings. The third kappa shape index (κ3) is 3.70. The lowest BCUT2D eigenvalue weighted by Gasteiger charge is -2.37. The molecule has 0 aromatic heterocycles. The molecule has 8 heteroatoms. The molecule has 1 N–H and O–H groups in total. The fourth-order valence-electron chi connectivity index (χ4n) is 3.83. The van der Waals surface area contributed by atoms with Crippen molar-refractivity contribution >= 4 is 41.0 Å². The second kappa shape index (κ2) is 7.69. The van der Waals surface area contributed by atoms with Gasteiger partial charge in [0.15, 0.2) is 0 Å². The van der Waals surface area contributed by atoms with E-state index < -0.39 is 11.6 Å². The van der Waals surface area contributed by atoms with E-state index in [1.54, 1.807) is 53.4 Å². The Morgan fingerprint density at radius 2 is 1.66 bits per heavy atom. The van der Waals surface area contributed by atoms with Gasteiger partial charge in [-0.1, -0.05) is 47.5 Å². The lowest BCUT2D eigenvalue weighted by Crippen LogP contribution is -2.55. The average molecular weight is 432 g/mol. The lowest BCUT2D eigenvalue weighted by atomic mass is 9.87. The molecule has 2 aliphatic heterocycles. The third-order valence-corrected chi connectivity index (χ3v) is 6.09. The number of nitrogens with one attached hydrogen (secondary N) is 1. The van der Waals surface area contributed by atoms with Gasteiger partial charge < -0.3 is 10.2 Å². The van der Waals surface area contributed by atoms with Crippen molar-refractivity contribution in [3.8, 4) is 0 Å². The first-order valence-electron chi connectivity index (χ1n) is 9.32. The summed E-state index contributed by atoms with van der Waals surface area (Å²) in [5, 5.41) is 3.85. The SMILES string of the molecule is O=C(c1ccccc1Cl)N1CCC2(CC1)NC(=O)N(Cc1ccc(Cl)cc1)C2=O. The number of rotatable bonds is 3. The molecule has 0 unspecified atom stereocenters. The highest BCUT2D eigenvalue weighted by atomic mass is 35.5. The van der Waals surface area contributed by atoms with Crippen molar-refractivity contribution in [1.82, 2.24) is 15.1 Å². The van der Waals surface area contributed by atoms with Gasteiger partial charge in [-0.25, -0.2) is 4.79 Å². The van der Waals surface area contributed by atoms with Crippen LogP contribution in [0.15, 0.2) is 48.5 Å². The molecular weight excluding hydrogens is 413 g/mol. The molecular formula is C21H19Cl2N3O3. The summed E-state index contributed by atoms with van der Waals surface area (Å²) in [5.41, 5.74) is 0.304. The predicted molar refractivity (Wildman–Crippen MR) is 110 cm³/mol. The molecule has 0 saturated carbocycles. The fourth-order valence-corrected chi connectivity index (χ4v) is 4.17. The summed E-state index contributed by atoms with van der Waals surface area (Å²) in [6.45, 7) is 0.918. The quantitative estimate of drug-likeness (QED) is 0.752. The smallest absolute Gasteiger partial charge is 0.325 e. The van der Waals surface area contributed by atoms with Crippen molar-refractivity contribution < 1.29 is 14.4 Å². The van der Waals surface area contributed by atoms with Crippen LogP contribution < -0.4 is 5.32 Å². The van der Waals surface area contributed by atoms with E-state index in [1.807, 2.05) is 0 Å². The second-order valence-corrected chi connectivity index (χ2v) is 8.15. The fraction of sp³-hybridized carbons (Fsp3) is 0.286. The summed E-state index contributed by atoms with van der Waals surface area (Å²) in [5.74, 6) is -0.414. The van der Waals surface area contributed by atoms with Crippen molar-refractivity contribution in [1.29, 1.82) is 0 Å². The maximum atomic E-state index is 13.1. The zero-order valence-corrected chi connectivity index (χ0v) is 17.0. The number of likely N-dealkylation sites (tertiary alicyclic amines) is 1. The van der Waals surface area contributed by atoms with E-state index in [9.17, 15) is 14.4 Å². The Morgan fingerprint density at radius 1 is 1.00 bits per heavy atom. The lowest BCUT2D eigenvalue weighted by molar-refractivity contribution is -0.133. The molecule has 2 aliphatic rings. The minimum absolute atomic E-state index is 0.166. The van der Waals surface area contributed by atoms with Crippen LogP contribution in [0.1, 0.15) is 28.8 Å². The summed E-state index contributed by atoms with van der Waals surface area (Å²) in [7, 11) is 0. The first kappa shape index (κ1) is 19.7. The monoisotopic (exact) mass is 431 g/mol. The molecule has 29 heavy (non-hydrogen) atoms. The van der Waals surface area contributed by atoms with Gasteiger partial charge in [-0.3, -0.25) is 14.5 Å². The third-order valence-electron chi connectivity index (χ3n) is 5.51. The van der Waals surface area contributed by atoms with Gasteiger partial charge >= 0.3 is 6.03 Å². The maximum absolute atomic E-state index is 13.1. The molecule has 0 aliphatic carbocycles. The number of hydrogen-bond acceptors (Lipinski definition) is 3. The van der Waals surface area contributed by atoms with Crippen LogP contribution in [-0.4, -0.2) is 46.3 Å². The normalized spacial score (nSPS) is 18.3. The van der Waals surface area contributed by atoms with Crippen LogP contribution in [0.5, 0.6) is 0 Å². The summed E-state index contributed by atoms with van der Waals surface area (Å²) < 4.78 is 0. The van der Waals surface area contributed by atoms with E-state index in [0.29, 0.717) is 41.5 Å². The van der Waals surface area contributed by atoms with Crippen LogP contribution in [-0.2, 0) is 11.3 Å². The van der Waals surface area contributed by atoms with Gasteiger partial charge in [0.25, 0.3) is 11.8 Å². The number of benzene rings is 2. The van der Waals surface area contributed by atoms with Gasteiger partial charge in [0.05, 0.1) is 17.1 Å². The molecule has 4 rings (SSSR count). The number of imide groups is 1. The van der Waals surface area contributed by atoms with Crippen molar-refractivity contribution in [3.05, 3.63) is 69.7 Å². The summed E-state index contributed by atoms with van der Waals surface area (Å²) in [6, 6.07) is 13.5. The number of carbonyl (C=O) groups is 3. The highest BCUT2D eigenvalue weighted by Gasteiger charge is 2.52. The molecule has 2 aromatic carbocycles. The van der Waals surface area contributed by atoms with Gasteiger partial charge in [-0.2, -0.15) is 0 Å². The number of halogens is 2. The van der Waals surface area contributed by atoms with Crippen molar-refractivity contribution in [2.75, 3.05) is 13.1 Å². The first-order chi connectivity index (χ1) is 13.9. The Hall–Kier alpha value is -2.57. The molecule has 150 valence electrons. The molecule has 4 amide bonds. The van der Waals surface area contributed by atoms with E-state index in [0.717, 1.165) is 5.56 Å². The Balaban J connectivity index is 1.44. The Labute approximate surface area is 178 Å². The van der Waals surface area contributed by atoms with Gasteiger partial charge in [0, 0.05) is 18.1 Å². The van der Waals surface area contributed by atoms with Gasteiger partial charge in [-0.05, 0) is 42.7 Å². The van der Waals surface area contributed by atoms with Crippen LogP contribution >= 0.6 is 23.2 Å². The number of piperidine rings is 1. The Bertz CT molecular complexity index is 969. The van der Waals surface area contributed by atoms with Gasteiger partial charge in [0.2, 0.25) is 0 Å². The largest absolute Gasteiger partial charge is 0.338 e. The van der Waals surface area contributed by atoms with E-state index in [2.05, 4.69) is 5.32 Å². The zero-order chi connectivity index (χ0) is 20.6. The Kier molecular flexibility index (Phi) is 5.23. The molecule has 0 radical (unpaired) electrons. The van der Waals surface area contributed by atoms with Crippen LogP contribution in [0, 0.1) is 0 Å². The number of urea groups is 1. The maximum Gasteiger partial charge on any atom is 0.325 e. The van der Waals surface area contributed by atoms with Crippen LogP contribution in [0.2, 0.25) is 10.0 Å². The molecule has 1 spiro atoms. The standard InChI is InChI=1S/C21H19Cl2N3O3/c22-15-7-5-14(6-8-15)13-26-19(28)21(24-20(26)29)9-11-25(12-10-21)18(27)16-3-1-2-4-17(16)23/h1-8H,9-13H2,(H,24,29). The number of carbonyl (C=O) groups excluding carboxylic acids is 3. The number of hydrogen-bond donors (Lipinski definition) is 1. The Morgan fingerprint density at radius 3 is 2.31 bits per heavy atom. The highest BCUT2D eigenvalue weighted by Crippen LogP contribution is 2.31. The van der Waals surface area contributed by atoms with Crippen molar-refractivity contribution in [2.24, 2.45) is 0 Å². The average Bonchev–Trinajstić information content (AvgIpc) is 2.94. The molecule has 0 atom stereocenters. The number of nitrogens with zero attached hydrogens (tertiary/aromatic N) is 2. The zero-order valence-electron chi connectivity index (χ0n) is 15.5. The van der Waals surface area contributed by atoms with Gasteiger partial charge in [0.1, 0.15) is 5.54 Å². The summed E-state index contributed by atoms with van der Waals surface area (Å²) >= 11 is 12.0. The van der Waals surface area contributed by atoms with E-state index in [4.69, 9.17) is 23.2 Å². The topological polar surface area (TPSA) is 69.7 Å². The molecule has 2 aromatic rings. The highest BCUT2D eigenvalue weighted by molar-refractivity contribution is 6.33. The summed E-state index contributed by atoms with van der Waals surface area (Å²) in [4.78, 5) is 41.2. The van der Waals surface area contributed by atoms with Crippen LogP contribution in [0.4, 0.5) is 4.79 Å².